The summed E-state index contributed by atoms with van der Waals surface area (Å²) in [6, 6.07) is 8.09. The number of allylic oxidation sites excluding steroid dienone is 5. The highest BCUT2D eigenvalue weighted by Gasteiger charge is 2.38. The lowest BCUT2D eigenvalue weighted by atomic mass is 9.91. The number of anilines is 2. The number of aromatic nitrogens is 4. The van der Waals surface area contributed by atoms with E-state index < -0.39 is 50.3 Å². The Morgan fingerprint density at radius 2 is 1.92 bits per heavy atom. The number of phenolic OH excluding ortho intramolecular Hbond substituents is 1. The number of nitrogens with two attached hydrogens (primary N) is 1. The lowest BCUT2D eigenvalue weighted by molar-refractivity contribution is -0.110. The van der Waals surface area contributed by atoms with E-state index >= 15 is 0 Å². The van der Waals surface area contributed by atoms with Crippen molar-refractivity contribution in [3.05, 3.63) is 99.1 Å². The number of nitrogens with zero attached hydrogens (tertiary/aromatic N) is 3. The number of hydrogen-bond acceptors (Lipinski definition) is 12. The second-order valence-corrected chi connectivity index (χ2v) is 13.8. The first kappa shape index (κ1) is 35.5. The average molecular weight is 747 g/mol. The Labute approximate surface area is 298 Å². The number of carbonyl (C=O) groups excluding carboxylic acids is 2. The minimum Gasteiger partial charge on any atom is -0.508 e. The molecule has 1 aliphatic heterocycles. The molecule has 53 heavy (non-hydrogen) atoms. The number of aliphatic hydroxyl groups excluding tert-OH is 1. The van der Waals surface area contributed by atoms with Gasteiger partial charge in [-0.05, 0) is 82.0 Å². The van der Waals surface area contributed by atoms with Crippen molar-refractivity contribution in [3.8, 4) is 5.75 Å². The molecule has 2 aromatic heterocycles. The van der Waals surface area contributed by atoms with E-state index in [9.17, 15) is 44.0 Å². The van der Waals surface area contributed by atoms with Crippen molar-refractivity contribution in [2.75, 3.05) is 30.7 Å². The van der Waals surface area contributed by atoms with E-state index in [2.05, 4.69) is 30.7 Å². The summed E-state index contributed by atoms with van der Waals surface area (Å²) in [7, 11) is -4.42. The fourth-order valence-corrected chi connectivity index (χ4v) is 7.18. The third-order valence-electron chi connectivity index (χ3n) is 8.70. The largest absolute Gasteiger partial charge is 0.508 e. The zero-order valence-corrected chi connectivity index (χ0v) is 28.2. The lowest BCUT2D eigenvalue weighted by Gasteiger charge is -2.19. The van der Waals surface area contributed by atoms with Crippen LogP contribution in [0.25, 0.3) is 22.3 Å². The number of aromatic amines is 1. The number of carboxylic acids is 1. The molecular weight excluding hydrogens is 715 g/mol. The van der Waals surface area contributed by atoms with E-state index in [1.807, 2.05) is 0 Å². The Morgan fingerprint density at radius 1 is 1.11 bits per heavy atom. The van der Waals surface area contributed by atoms with E-state index in [1.54, 1.807) is 12.1 Å². The number of aliphatic hydroxyl groups is 1. The summed E-state index contributed by atoms with van der Waals surface area (Å²) in [6.45, 7) is -0.812. The topological polar surface area (TPSA) is 293 Å². The molecule has 1 unspecified atom stereocenters. The van der Waals surface area contributed by atoms with Crippen LogP contribution in [0, 0.1) is 0 Å². The van der Waals surface area contributed by atoms with E-state index in [1.165, 1.54) is 53.4 Å². The molecule has 7 rings (SSSR count). The number of rotatable bonds is 11. The second-order valence-electron chi connectivity index (χ2n) is 12.2. The van der Waals surface area contributed by atoms with Crippen LogP contribution in [0.4, 0.5) is 16.4 Å². The molecule has 3 heterocycles. The maximum Gasteiger partial charge on any atom is 0.403 e. The summed E-state index contributed by atoms with van der Waals surface area (Å²) in [5.41, 5.74) is 8.44. The van der Waals surface area contributed by atoms with Crippen LogP contribution in [0.15, 0.2) is 71.3 Å². The highest BCUT2D eigenvalue weighted by molar-refractivity contribution is 7.50. The Bertz CT molecular complexity index is 2400. The monoisotopic (exact) mass is 746 g/mol. The molecule has 2 aromatic carbocycles. The van der Waals surface area contributed by atoms with Gasteiger partial charge in [0.2, 0.25) is 5.95 Å². The summed E-state index contributed by atoms with van der Waals surface area (Å²) in [6.07, 6.45) is 2.79. The molecule has 0 spiro atoms. The molecule has 0 saturated carbocycles. The molecule has 10 N–H and O–H groups in total. The predicted octanol–water partition coefficient (Wildman–Crippen LogP) is 1.62. The molecule has 1 fully saturated rings. The van der Waals surface area contributed by atoms with Crippen LogP contribution in [-0.4, -0.2) is 89.4 Å². The second kappa shape index (κ2) is 13.9. The first-order valence-corrected chi connectivity index (χ1v) is 17.6. The number of hydrogen-bond donors (Lipinski definition) is 9. The third kappa shape index (κ3) is 7.12. The average Bonchev–Trinajstić information content (AvgIpc) is 3.78. The number of ether oxygens (including phenoxy) is 1. The van der Waals surface area contributed by atoms with Crippen LogP contribution in [0.3, 0.4) is 0 Å². The van der Waals surface area contributed by atoms with Gasteiger partial charge < -0.3 is 41.3 Å². The molecule has 3 aliphatic rings. The van der Waals surface area contributed by atoms with Crippen molar-refractivity contribution in [1.29, 1.82) is 0 Å². The fraction of sp³-hybridized carbons (Fsp3) is 0.212. The van der Waals surface area contributed by atoms with Crippen molar-refractivity contribution in [3.63, 3.8) is 0 Å². The zero-order valence-electron chi connectivity index (χ0n) is 27.3. The lowest BCUT2D eigenvalue weighted by Crippen LogP contribution is -2.34. The van der Waals surface area contributed by atoms with Gasteiger partial charge in [-0.15, -0.1) is 0 Å². The van der Waals surface area contributed by atoms with Crippen molar-refractivity contribution in [1.82, 2.24) is 29.9 Å². The number of phenols is 1. The number of imidazole rings is 1. The summed E-state index contributed by atoms with van der Waals surface area (Å²) in [5, 5.41) is 38.1. The van der Waals surface area contributed by atoms with Gasteiger partial charge in [0, 0.05) is 25.2 Å². The van der Waals surface area contributed by atoms with Gasteiger partial charge in [-0.1, -0.05) is 6.07 Å². The highest BCUT2D eigenvalue weighted by Crippen LogP contribution is 2.48. The molecule has 2 amide bonds. The molecule has 1 saturated heterocycles. The summed E-state index contributed by atoms with van der Waals surface area (Å²) in [5.74, 6) is -1.65. The first-order valence-electron chi connectivity index (χ1n) is 16.0. The van der Waals surface area contributed by atoms with Crippen LogP contribution < -0.4 is 27.0 Å². The number of urea groups is 1. The molecule has 274 valence electrons. The number of fused-ring (bicyclic) bond motifs is 4. The van der Waals surface area contributed by atoms with E-state index in [0.717, 1.165) is 0 Å². The maximum absolute atomic E-state index is 12.8. The van der Waals surface area contributed by atoms with Gasteiger partial charge >= 0.3 is 19.7 Å². The Balaban J connectivity index is 0.946. The Morgan fingerprint density at radius 3 is 2.72 bits per heavy atom. The van der Waals surface area contributed by atoms with Gasteiger partial charge in [-0.2, -0.15) is 4.98 Å². The van der Waals surface area contributed by atoms with Gasteiger partial charge in [0.05, 0.1) is 24.6 Å². The molecule has 19 nitrogen and oxygen atoms in total. The number of ketones is 1. The SMILES string of the molecule is Nc1nc2c(ncn2[C@H]2C[C@H](O)[C@@H](COP(=O)(O)NCCNC(=O)Nc3ccc(C(=O)O)c(C4=C5C=CC(=O)C=C5c5cc(O)ccc54)c3)O2)c(=O)[nH]1. The fourth-order valence-electron chi connectivity index (χ4n) is 6.35. The van der Waals surface area contributed by atoms with Crippen LogP contribution in [0.1, 0.15) is 39.7 Å². The minimum absolute atomic E-state index is 0.0211. The number of nitrogen functional groups attached to an aromatic ring is 1. The van der Waals surface area contributed by atoms with E-state index in [0.29, 0.717) is 27.8 Å². The number of aromatic carboxylic acids is 1. The number of aromatic hydroxyl groups is 1. The molecule has 0 radical (unpaired) electrons. The van der Waals surface area contributed by atoms with Crippen molar-refractivity contribution >= 4 is 59.5 Å². The standard InChI is InChI=1S/C33H31N8O11P/c34-32-39-29-28(30(45)40-32)36-14-41(29)26-12-24(44)25(52-26)13-51-53(49,50)37-8-7-35-33(48)38-15-1-4-20(31(46)47)23(9-15)27-18-5-2-16(42)10-21(18)22-11-17(43)3-6-19(22)27/h1-6,9-11,14,24-26,42,44H,7-8,12-13H2,(H,46,47)(H2,35,38,48)(H2,37,49,50)(H3,34,39,40,45)/t24-,25+,26+/m0/s1. The quantitative estimate of drug-likeness (QED) is 0.0778. The van der Waals surface area contributed by atoms with Gasteiger partial charge in [-0.25, -0.2) is 24.2 Å². The maximum atomic E-state index is 12.8. The van der Waals surface area contributed by atoms with Gasteiger partial charge in [0.15, 0.2) is 16.9 Å². The highest BCUT2D eigenvalue weighted by atomic mass is 31.2. The Kier molecular flexibility index (Phi) is 9.29. The van der Waals surface area contributed by atoms with Crippen molar-refractivity contribution in [2.45, 2.75) is 24.9 Å². The van der Waals surface area contributed by atoms with Crippen LogP contribution in [0.2, 0.25) is 0 Å². The minimum atomic E-state index is -4.42. The zero-order chi connectivity index (χ0) is 37.6. The normalized spacial score (nSPS) is 20.2. The third-order valence-corrected chi connectivity index (χ3v) is 9.82. The first-order chi connectivity index (χ1) is 25.3. The van der Waals surface area contributed by atoms with Crippen molar-refractivity contribution < 1.29 is 48.4 Å². The molecule has 20 heteroatoms. The number of amides is 2. The molecule has 4 atom stereocenters. The molecular formula is C33H31N8O11P. The van der Waals surface area contributed by atoms with Crippen LogP contribution in [-0.2, 0) is 18.6 Å². The van der Waals surface area contributed by atoms with E-state index in [4.69, 9.17) is 15.0 Å². The summed E-state index contributed by atoms with van der Waals surface area (Å²) < 4.78 is 25.0. The Hall–Kier alpha value is -5.95. The molecule has 2 aliphatic carbocycles. The van der Waals surface area contributed by atoms with Gasteiger partial charge in [0.25, 0.3) is 5.56 Å². The van der Waals surface area contributed by atoms with Crippen LogP contribution >= 0.6 is 7.75 Å². The van der Waals surface area contributed by atoms with Gasteiger partial charge in [0.1, 0.15) is 18.1 Å². The smallest absolute Gasteiger partial charge is 0.403 e. The number of benzene rings is 2. The number of carboxylic acid groups (broad SMARTS) is 1. The van der Waals surface area contributed by atoms with E-state index in [-0.39, 0.29) is 65.0 Å². The number of H-pyrrole nitrogens is 1. The van der Waals surface area contributed by atoms with Crippen LogP contribution in [0.5, 0.6) is 5.75 Å². The van der Waals surface area contributed by atoms with Gasteiger partial charge in [-0.3, -0.25) is 23.7 Å². The summed E-state index contributed by atoms with van der Waals surface area (Å²) >= 11 is 0. The number of nitrogens with one attached hydrogen (secondary N) is 4. The number of carbonyl (C=O) groups is 3. The molecule has 0 bridgehead atoms. The van der Waals surface area contributed by atoms with Crippen molar-refractivity contribution in [2.24, 2.45) is 0 Å². The summed E-state index contributed by atoms with van der Waals surface area (Å²) in [4.78, 5) is 70.0. The predicted molar refractivity (Wildman–Crippen MR) is 188 cm³/mol. The molecule has 4 aromatic rings.